The molecule has 0 fully saturated rings. The van der Waals surface area contributed by atoms with Crippen LogP contribution in [0.4, 0.5) is 13.2 Å². The maximum absolute atomic E-state index is 12.9. The van der Waals surface area contributed by atoms with Crippen molar-refractivity contribution in [3.05, 3.63) is 65.2 Å². The van der Waals surface area contributed by atoms with Crippen molar-refractivity contribution in [1.29, 1.82) is 5.41 Å². The number of nitrogens with one attached hydrogen (secondary N) is 2. The molecule has 1 heterocycles. The van der Waals surface area contributed by atoms with Gasteiger partial charge in [0.15, 0.2) is 0 Å². The second-order valence-electron chi connectivity index (χ2n) is 8.96. The van der Waals surface area contributed by atoms with Crippen LogP contribution in [0.5, 0.6) is 0 Å². The second kappa shape index (κ2) is 13.9. The molecular weight excluding hydrogens is 587 g/mol. The number of carbonyl (C=O) groups excluding carboxylic acids is 1. The zero-order valence-electron chi connectivity index (χ0n) is 22.3. The summed E-state index contributed by atoms with van der Waals surface area (Å²) in [6.07, 6.45) is -5.36. The molecule has 13 nitrogen and oxygen atoms in total. The summed E-state index contributed by atoms with van der Waals surface area (Å²) in [5.74, 6) is -4.69. The molecular formula is C25H28F3N5O8S. The predicted octanol–water partition coefficient (Wildman–Crippen LogP) is 1.69. The van der Waals surface area contributed by atoms with Crippen LogP contribution in [-0.4, -0.2) is 84.2 Å². The number of nitrogen functional groups attached to an aromatic ring is 1. The monoisotopic (exact) mass is 615 g/mol. The SMILES string of the molecule is Cc1cccc(S(=O)(=O)N(C)[C@@H](CNC(=O)C[C@H]2CC(c3ccc(C(=N)N)cc3)=NO2)C(=O)O)c1.O=C(O)C(F)(F)F. The van der Waals surface area contributed by atoms with Gasteiger partial charge in [-0.1, -0.05) is 41.6 Å². The molecule has 0 aromatic heterocycles. The molecule has 17 heteroatoms. The number of benzene rings is 2. The summed E-state index contributed by atoms with van der Waals surface area (Å²) in [5, 5.41) is 30.7. The van der Waals surface area contributed by atoms with Gasteiger partial charge in [0.1, 0.15) is 18.0 Å². The molecule has 0 saturated heterocycles. The molecule has 228 valence electrons. The van der Waals surface area contributed by atoms with Crippen LogP contribution in [0.1, 0.15) is 29.5 Å². The largest absolute Gasteiger partial charge is 0.490 e. The molecule has 1 aliphatic heterocycles. The molecule has 2 aromatic carbocycles. The molecule has 0 bridgehead atoms. The number of nitrogens with two attached hydrogens (primary N) is 1. The Morgan fingerprint density at radius 2 is 1.79 bits per heavy atom. The molecule has 42 heavy (non-hydrogen) atoms. The first-order valence-corrected chi connectivity index (χ1v) is 13.4. The van der Waals surface area contributed by atoms with Crippen LogP contribution in [-0.2, 0) is 29.2 Å². The van der Waals surface area contributed by atoms with Crippen LogP contribution in [0.2, 0.25) is 0 Å². The second-order valence-corrected chi connectivity index (χ2v) is 11.0. The van der Waals surface area contributed by atoms with Crippen molar-refractivity contribution < 1.29 is 51.0 Å². The lowest BCUT2D eigenvalue weighted by Gasteiger charge is -2.24. The molecule has 0 saturated carbocycles. The van der Waals surface area contributed by atoms with Crippen LogP contribution in [0, 0.1) is 12.3 Å². The number of oxime groups is 1. The van der Waals surface area contributed by atoms with E-state index in [0.717, 1.165) is 9.87 Å². The topological polar surface area (TPSA) is 213 Å². The van der Waals surface area contributed by atoms with Crippen LogP contribution >= 0.6 is 0 Å². The van der Waals surface area contributed by atoms with Crippen LogP contribution in [0.3, 0.4) is 0 Å². The summed E-state index contributed by atoms with van der Waals surface area (Å²) < 4.78 is 58.2. The van der Waals surface area contributed by atoms with E-state index in [1.165, 1.54) is 19.2 Å². The molecule has 0 radical (unpaired) electrons. The number of carboxylic acids is 2. The number of aryl methyl sites for hydroxylation is 1. The minimum absolute atomic E-state index is 0.0297. The van der Waals surface area contributed by atoms with E-state index in [0.29, 0.717) is 23.3 Å². The Balaban J connectivity index is 0.000000782. The van der Waals surface area contributed by atoms with Gasteiger partial charge in [-0.25, -0.2) is 13.2 Å². The highest BCUT2D eigenvalue weighted by molar-refractivity contribution is 7.89. The number of hydrogen-bond donors (Lipinski definition) is 5. The first-order chi connectivity index (χ1) is 19.4. The van der Waals surface area contributed by atoms with Crippen LogP contribution in [0.15, 0.2) is 58.6 Å². The summed E-state index contributed by atoms with van der Waals surface area (Å²) in [6.45, 7) is 1.32. The number of rotatable bonds is 10. The normalized spacial score (nSPS) is 15.5. The van der Waals surface area contributed by atoms with Crippen LogP contribution in [0.25, 0.3) is 0 Å². The van der Waals surface area contributed by atoms with E-state index in [9.17, 15) is 36.3 Å². The van der Waals surface area contributed by atoms with Crippen molar-refractivity contribution in [2.45, 2.75) is 43.0 Å². The van der Waals surface area contributed by atoms with Crippen molar-refractivity contribution in [2.75, 3.05) is 13.6 Å². The Bertz CT molecular complexity index is 1460. The van der Waals surface area contributed by atoms with E-state index >= 15 is 0 Å². The van der Waals surface area contributed by atoms with Gasteiger partial charge in [0.05, 0.1) is 17.0 Å². The highest BCUT2D eigenvalue weighted by Gasteiger charge is 2.38. The average Bonchev–Trinajstić information content (AvgIpc) is 3.36. The van der Waals surface area contributed by atoms with Crippen LogP contribution < -0.4 is 11.1 Å². The molecule has 1 amide bonds. The third-order valence-corrected chi connectivity index (χ3v) is 7.66. The average molecular weight is 616 g/mol. The molecule has 6 N–H and O–H groups in total. The van der Waals surface area contributed by atoms with E-state index < -0.39 is 52.7 Å². The van der Waals surface area contributed by atoms with Crippen molar-refractivity contribution in [2.24, 2.45) is 10.9 Å². The summed E-state index contributed by atoms with van der Waals surface area (Å²) in [6, 6.07) is 11.5. The van der Waals surface area contributed by atoms with E-state index in [1.807, 2.05) is 0 Å². The summed E-state index contributed by atoms with van der Waals surface area (Å²) >= 11 is 0. The highest BCUT2D eigenvalue weighted by Crippen LogP contribution is 2.20. The van der Waals surface area contributed by atoms with E-state index in [2.05, 4.69) is 10.5 Å². The van der Waals surface area contributed by atoms with E-state index in [1.54, 1.807) is 43.3 Å². The quantitative estimate of drug-likeness (QED) is 0.194. The summed E-state index contributed by atoms with van der Waals surface area (Å²) in [4.78, 5) is 38.4. The Hall–Kier alpha value is -4.51. The summed E-state index contributed by atoms with van der Waals surface area (Å²) in [5.41, 5.74) is 8.14. The van der Waals surface area contributed by atoms with Gasteiger partial charge in [-0.2, -0.15) is 17.5 Å². The van der Waals surface area contributed by atoms with Crippen molar-refractivity contribution in [3.63, 3.8) is 0 Å². The minimum Gasteiger partial charge on any atom is -0.480 e. The number of amidine groups is 1. The van der Waals surface area contributed by atoms with Gasteiger partial charge in [0.25, 0.3) is 0 Å². The van der Waals surface area contributed by atoms with Gasteiger partial charge >= 0.3 is 18.1 Å². The molecule has 3 rings (SSSR count). The predicted molar refractivity (Wildman–Crippen MR) is 142 cm³/mol. The van der Waals surface area contributed by atoms with Gasteiger partial charge in [0, 0.05) is 25.6 Å². The van der Waals surface area contributed by atoms with Gasteiger partial charge < -0.3 is 26.1 Å². The zero-order chi connectivity index (χ0) is 31.8. The number of carbonyl (C=O) groups is 3. The standard InChI is InChI=1S/C23H27N5O6S.C2HF3O2/c1-14-4-3-5-18(10-14)35(32,33)28(2)20(23(30)31)13-26-21(29)12-17-11-19(27-34-17)15-6-8-16(9-7-15)22(24)25;3-2(4,5)1(6)7/h3-10,17,20H,11-13H2,1-2H3,(H3,24,25)(H,26,29)(H,30,31);(H,6,7)/t17-,20+;/m1./s1. The smallest absolute Gasteiger partial charge is 0.480 e. The number of carboxylic acid groups (broad SMARTS) is 2. The molecule has 0 spiro atoms. The summed E-state index contributed by atoms with van der Waals surface area (Å²) in [7, 11) is -2.92. The maximum atomic E-state index is 12.9. The highest BCUT2D eigenvalue weighted by atomic mass is 32.2. The molecule has 0 unspecified atom stereocenters. The van der Waals surface area contributed by atoms with Gasteiger partial charge in [-0.15, -0.1) is 0 Å². The first-order valence-electron chi connectivity index (χ1n) is 11.9. The van der Waals surface area contributed by atoms with Crippen molar-refractivity contribution in [1.82, 2.24) is 9.62 Å². The fourth-order valence-electron chi connectivity index (χ4n) is 3.52. The number of alkyl halides is 3. The fraction of sp³-hybridized carbons (Fsp3) is 0.320. The Kier molecular flexibility index (Phi) is 11.2. The molecule has 2 atom stereocenters. The number of sulfonamides is 1. The van der Waals surface area contributed by atoms with E-state index in [-0.39, 0.29) is 17.2 Å². The van der Waals surface area contributed by atoms with Gasteiger partial charge in [-0.05, 0) is 30.2 Å². The Morgan fingerprint density at radius 1 is 1.19 bits per heavy atom. The number of aliphatic carboxylic acids is 2. The van der Waals surface area contributed by atoms with Gasteiger partial charge in [0.2, 0.25) is 15.9 Å². The third-order valence-electron chi connectivity index (χ3n) is 5.80. The third kappa shape index (κ3) is 9.27. The Labute approximate surface area is 238 Å². The lowest BCUT2D eigenvalue weighted by atomic mass is 10.0. The van der Waals surface area contributed by atoms with E-state index in [4.69, 9.17) is 25.9 Å². The number of halogens is 3. The number of hydrogen-bond acceptors (Lipinski definition) is 8. The minimum atomic E-state index is -5.08. The fourth-order valence-corrected chi connectivity index (χ4v) is 4.94. The molecule has 1 aliphatic rings. The lowest BCUT2D eigenvalue weighted by Crippen LogP contribution is -2.49. The first kappa shape index (κ1) is 33.7. The number of likely N-dealkylation sites (N-methyl/N-ethyl adjacent to an activating group) is 1. The van der Waals surface area contributed by atoms with Crippen molar-refractivity contribution in [3.8, 4) is 0 Å². The van der Waals surface area contributed by atoms with Crippen molar-refractivity contribution >= 4 is 39.4 Å². The molecule has 0 aliphatic carbocycles. The zero-order valence-corrected chi connectivity index (χ0v) is 23.1. The molecule has 2 aromatic rings. The number of amides is 1. The maximum Gasteiger partial charge on any atom is 0.490 e. The van der Waals surface area contributed by atoms with Gasteiger partial charge in [-0.3, -0.25) is 15.0 Å². The number of nitrogens with zero attached hydrogens (tertiary/aromatic N) is 2. The Morgan fingerprint density at radius 3 is 2.29 bits per heavy atom. The lowest BCUT2D eigenvalue weighted by molar-refractivity contribution is -0.192.